The topological polar surface area (TPSA) is 77.9 Å². The van der Waals surface area contributed by atoms with Gasteiger partial charge in [0.25, 0.3) is 5.91 Å². The fourth-order valence-electron chi connectivity index (χ4n) is 3.03. The van der Waals surface area contributed by atoms with Crippen molar-refractivity contribution in [3.63, 3.8) is 0 Å². The fraction of sp³-hybridized carbons (Fsp3) is 0.190. The average Bonchev–Trinajstić information content (AvgIpc) is 3.42. The van der Waals surface area contributed by atoms with Gasteiger partial charge in [0, 0.05) is 17.3 Å². The van der Waals surface area contributed by atoms with Gasteiger partial charge in [0.1, 0.15) is 5.76 Å². The van der Waals surface area contributed by atoms with Gasteiger partial charge >= 0.3 is 0 Å². The number of aromatic nitrogens is 4. The second-order valence-electron chi connectivity index (χ2n) is 6.89. The molecule has 3 heterocycles. The number of halogens is 2. The van der Waals surface area contributed by atoms with Gasteiger partial charge in [-0.15, -0.1) is 0 Å². The van der Waals surface area contributed by atoms with Crippen molar-refractivity contribution < 1.29 is 9.21 Å². The van der Waals surface area contributed by atoms with Crippen molar-refractivity contribution in [3.8, 4) is 0 Å². The summed E-state index contributed by atoms with van der Waals surface area (Å²) in [7, 11) is 0. The number of nitrogens with one attached hydrogen (secondary N) is 1. The summed E-state index contributed by atoms with van der Waals surface area (Å²) in [4.78, 5) is 12.5. The fourth-order valence-corrected chi connectivity index (χ4v) is 3.44. The number of carbonyl (C=O) groups is 1. The third-order valence-corrected chi connectivity index (χ3v) is 6.02. The maximum atomic E-state index is 12.5. The Balaban J connectivity index is 1.39. The maximum Gasteiger partial charge on any atom is 0.292 e. The molecule has 0 unspecified atom stereocenters. The van der Waals surface area contributed by atoms with E-state index in [1.807, 2.05) is 42.8 Å². The van der Waals surface area contributed by atoms with Gasteiger partial charge in [-0.25, -0.2) is 0 Å². The molecule has 154 valence electrons. The number of hydrogen-bond acceptors (Lipinski definition) is 4. The van der Waals surface area contributed by atoms with Crippen LogP contribution in [0.15, 0.2) is 57.6 Å². The number of aryl methyl sites for hydroxylation is 1. The van der Waals surface area contributed by atoms with E-state index in [4.69, 9.17) is 16.0 Å². The van der Waals surface area contributed by atoms with E-state index in [-0.39, 0.29) is 11.7 Å². The molecule has 0 radical (unpaired) electrons. The lowest BCUT2D eigenvalue weighted by Crippen LogP contribution is -2.12. The van der Waals surface area contributed by atoms with E-state index in [9.17, 15) is 4.79 Å². The van der Waals surface area contributed by atoms with Gasteiger partial charge < -0.3 is 9.73 Å². The number of nitrogens with zero attached hydrogens (tertiary/aromatic N) is 4. The highest BCUT2D eigenvalue weighted by atomic mass is 79.9. The van der Waals surface area contributed by atoms with E-state index in [1.54, 1.807) is 29.1 Å². The number of amides is 1. The molecule has 0 aliphatic rings. The highest BCUT2D eigenvalue weighted by molar-refractivity contribution is 9.10. The van der Waals surface area contributed by atoms with Gasteiger partial charge in [-0.1, -0.05) is 23.7 Å². The lowest BCUT2D eigenvalue weighted by Gasteiger charge is -2.03. The summed E-state index contributed by atoms with van der Waals surface area (Å²) >= 11 is 9.42. The van der Waals surface area contributed by atoms with E-state index in [0.717, 1.165) is 21.4 Å². The van der Waals surface area contributed by atoms with Crippen LogP contribution in [-0.2, 0) is 13.1 Å². The molecule has 3 aromatic heterocycles. The van der Waals surface area contributed by atoms with Gasteiger partial charge in [-0.2, -0.15) is 10.2 Å². The highest BCUT2D eigenvalue weighted by Crippen LogP contribution is 2.21. The number of anilines is 1. The van der Waals surface area contributed by atoms with Gasteiger partial charge in [0.05, 0.1) is 29.0 Å². The van der Waals surface area contributed by atoms with E-state index < -0.39 is 0 Å². The van der Waals surface area contributed by atoms with Crippen LogP contribution in [0.1, 0.15) is 33.3 Å². The minimum atomic E-state index is -0.354. The lowest BCUT2D eigenvalue weighted by molar-refractivity contribution is 0.0994. The summed E-state index contributed by atoms with van der Waals surface area (Å²) < 4.78 is 10.3. The van der Waals surface area contributed by atoms with Crippen LogP contribution < -0.4 is 5.32 Å². The van der Waals surface area contributed by atoms with Crippen LogP contribution >= 0.6 is 27.5 Å². The van der Waals surface area contributed by atoms with Crippen LogP contribution in [-0.4, -0.2) is 25.5 Å². The van der Waals surface area contributed by atoms with Crippen LogP contribution in [0.4, 0.5) is 5.82 Å². The minimum Gasteiger partial charge on any atom is -0.454 e. The minimum absolute atomic E-state index is 0.220. The quantitative estimate of drug-likeness (QED) is 0.412. The van der Waals surface area contributed by atoms with E-state index in [0.29, 0.717) is 29.7 Å². The molecule has 1 N–H and O–H groups in total. The van der Waals surface area contributed by atoms with E-state index >= 15 is 0 Å². The second kappa shape index (κ2) is 8.49. The molecule has 1 aromatic carbocycles. The van der Waals surface area contributed by atoms with Crippen molar-refractivity contribution in [1.82, 2.24) is 19.6 Å². The molecule has 4 aromatic rings. The van der Waals surface area contributed by atoms with Gasteiger partial charge in [0.15, 0.2) is 11.6 Å². The van der Waals surface area contributed by atoms with Gasteiger partial charge in [0.2, 0.25) is 0 Å². The second-order valence-corrected chi connectivity index (χ2v) is 8.12. The smallest absolute Gasteiger partial charge is 0.292 e. The first-order chi connectivity index (χ1) is 14.4. The molecule has 9 heteroatoms. The first-order valence-electron chi connectivity index (χ1n) is 9.26. The van der Waals surface area contributed by atoms with Crippen molar-refractivity contribution in [3.05, 3.63) is 86.6 Å². The van der Waals surface area contributed by atoms with Crippen LogP contribution in [0.5, 0.6) is 0 Å². The van der Waals surface area contributed by atoms with Crippen molar-refractivity contribution in [2.24, 2.45) is 0 Å². The Morgan fingerprint density at radius 3 is 2.57 bits per heavy atom. The zero-order chi connectivity index (χ0) is 21.3. The average molecular weight is 489 g/mol. The Kier molecular flexibility index (Phi) is 5.78. The van der Waals surface area contributed by atoms with Crippen molar-refractivity contribution >= 4 is 39.3 Å². The predicted octanol–water partition coefficient (Wildman–Crippen LogP) is 5.05. The van der Waals surface area contributed by atoms with E-state index in [1.165, 1.54) is 0 Å². The monoisotopic (exact) mass is 487 g/mol. The third-order valence-electron chi connectivity index (χ3n) is 4.62. The number of hydrogen-bond donors (Lipinski definition) is 1. The lowest BCUT2D eigenvalue weighted by atomic mass is 10.2. The van der Waals surface area contributed by atoms with Crippen LogP contribution in [0.3, 0.4) is 0 Å². The number of furan rings is 1. The number of carbonyl (C=O) groups excluding carboxylic acids is 1. The number of benzene rings is 1. The normalized spacial score (nSPS) is 11.1. The number of rotatable bonds is 6. The molecule has 7 nitrogen and oxygen atoms in total. The molecule has 0 fully saturated rings. The van der Waals surface area contributed by atoms with Crippen LogP contribution in [0, 0.1) is 13.8 Å². The largest absolute Gasteiger partial charge is 0.454 e. The summed E-state index contributed by atoms with van der Waals surface area (Å²) in [6.45, 7) is 4.93. The summed E-state index contributed by atoms with van der Waals surface area (Å²) in [6, 6.07) is 12.7. The Hall–Kier alpha value is -2.84. The zero-order valence-electron chi connectivity index (χ0n) is 16.4. The molecular formula is C21H19BrClN5O2. The molecule has 0 saturated heterocycles. The van der Waals surface area contributed by atoms with Crippen molar-refractivity contribution in [1.29, 1.82) is 0 Å². The first-order valence-corrected chi connectivity index (χ1v) is 10.4. The van der Waals surface area contributed by atoms with Crippen molar-refractivity contribution in [2.45, 2.75) is 26.9 Å². The highest BCUT2D eigenvalue weighted by Gasteiger charge is 2.15. The third kappa shape index (κ3) is 4.49. The van der Waals surface area contributed by atoms with Crippen LogP contribution in [0.2, 0.25) is 5.02 Å². The molecule has 0 bridgehead atoms. The van der Waals surface area contributed by atoms with E-state index in [2.05, 4.69) is 31.4 Å². The SMILES string of the molecule is Cc1nn(Cc2ccc(C(=O)Nc3ccn(Cc4ccc(Cl)cc4)n3)o2)c(C)c1Br. The molecule has 4 rings (SSSR count). The molecule has 0 aliphatic heterocycles. The molecule has 1 amide bonds. The molecule has 0 spiro atoms. The maximum absolute atomic E-state index is 12.5. The Bertz CT molecular complexity index is 1190. The standard InChI is InChI=1S/C21H19BrClN5O2/c1-13-20(22)14(2)28(25-13)12-17-7-8-18(30-17)21(29)24-19-9-10-27(26-19)11-15-3-5-16(23)6-4-15/h3-10H,11-12H2,1-2H3,(H,24,26,29). The molecule has 0 saturated carbocycles. The summed E-state index contributed by atoms with van der Waals surface area (Å²) in [5, 5.41) is 12.3. The Labute approximate surface area is 186 Å². The summed E-state index contributed by atoms with van der Waals surface area (Å²) in [6.07, 6.45) is 1.80. The van der Waals surface area contributed by atoms with Gasteiger partial charge in [-0.05, 0) is 59.6 Å². The summed E-state index contributed by atoms with van der Waals surface area (Å²) in [5.41, 5.74) is 2.97. The molecule has 0 aliphatic carbocycles. The van der Waals surface area contributed by atoms with Crippen LogP contribution in [0.25, 0.3) is 0 Å². The van der Waals surface area contributed by atoms with Gasteiger partial charge in [-0.3, -0.25) is 14.2 Å². The Morgan fingerprint density at radius 2 is 1.87 bits per heavy atom. The molecule has 0 atom stereocenters. The molecular weight excluding hydrogens is 470 g/mol. The first kappa shape index (κ1) is 20.4. The summed E-state index contributed by atoms with van der Waals surface area (Å²) in [5.74, 6) is 0.964. The van der Waals surface area contributed by atoms with Crippen molar-refractivity contribution in [2.75, 3.05) is 5.32 Å². The Morgan fingerprint density at radius 1 is 1.10 bits per heavy atom. The zero-order valence-corrected chi connectivity index (χ0v) is 18.7. The predicted molar refractivity (Wildman–Crippen MR) is 118 cm³/mol. The molecule has 30 heavy (non-hydrogen) atoms.